The van der Waals surface area contributed by atoms with E-state index in [9.17, 15) is 5.11 Å². The van der Waals surface area contributed by atoms with Crippen LogP contribution in [0.5, 0.6) is 0 Å². The second kappa shape index (κ2) is 7.29. The third-order valence-corrected chi connectivity index (χ3v) is 3.81. The third-order valence-electron chi connectivity index (χ3n) is 3.81. The zero-order valence-electron chi connectivity index (χ0n) is 11.2. The number of hydrogen-bond donors (Lipinski definition) is 2. The Bertz CT molecular complexity index is 182. The Hall–Kier alpha value is -0.0800. The highest BCUT2D eigenvalue weighted by atomic mass is 16.3. The van der Waals surface area contributed by atoms with Crippen molar-refractivity contribution in [3.05, 3.63) is 0 Å². The predicted molar refractivity (Wildman–Crippen MR) is 69.5 cm³/mol. The normalized spacial score (nSPS) is 27.6. The molecule has 3 atom stereocenters. The summed E-state index contributed by atoms with van der Waals surface area (Å²) >= 11 is 0. The van der Waals surface area contributed by atoms with Gasteiger partial charge in [-0.1, -0.05) is 33.1 Å². The van der Waals surface area contributed by atoms with E-state index in [0.29, 0.717) is 24.6 Å². The Morgan fingerprint density at radius 2 is 1.94 bits per heavy atom. The summed E-state index contributed by atoms with van der Waals surface area (Å²) in [7, 11) is 0. The molecule has 1 fully saturated rings. The van der Waals surface area contributed by atoms with Crippen LogP contribution in [0.25, 0.3) is 0 Å². The van der Waals surface area contributed by atoms with Gasteiger partial charge in [-0.05, 0) is 38.0 Å². The van der Waals surface area contributed by atoms with Gasteiger partial charge in [-0.15, -0.1) is 0 Å². The first-order valence-corrected chi connectivity index (χ1v) is 7.00. The molecule has 1 aliphatic rings. The molecule has 2 heteroatoms. The van der Waals surface area contributed by atoms with Crippen LogP contribution < -0.4 is 5.32 Å². The largest absolute Gasteiger partial charge is 0.396 e. The average molecular weight is 227 g/mol. The van der Waals surface area contributed by atoms with E-state index in [1.165, 1.54) is 38.5 Å². The molecule has 0 aromatic rings. The van der Waals surface area contributed by atoms with E-state index in [0.717, 1.165) is 5.92 Å². The van der Waals surface area contributed by atoms with E-state index in [-0.39, 0.29) is 0 Å². The maximum Gasteiger partial charge on any atom is 0.0474 e. The van der Waals surface area contributed by atoms with Crippen LogP contribution >= 0.6 is 0 Å². The molecule has 3 unspecified atom stereocenters. The van der Waals surface area contributed by atoms with Gasteiger partial charge >= 0.3 is 0 Å². The maximum atomic E-state index is 9.26. The lowest BCUT2D eigenvalue weighted by molar-refractivity contribution is 0.199. The molecule has 1 rings (SSSR count). The summed E-state index contributed by atoms with van der Waals surface area (Å²) in [5, 5.41) is 13.0. The summed E-state index contributed by atoms with van der Waals surface area (Å²) in [5.74, 6) is 1.33. The smallest absolute Gasteiger partial charge is 0.0474 e. The van der Waals surface area contributed by atoms with E-state index >= 15 is 0 Å². The van der Waals surface area contributed by atoms with Crippen molar-refractivity contribution in [2.24, 2.45) is 11.8 Å². The van der Waals surface area contributed by atoms with Crippen molar-refractivity contribution < 1.29 is 5.11 Å². The van der Waals surface area contributed by atoms with Gasteiger partial charge in [0, 0.05) is 18.7 Å². The van der Waals surface area contributed by atoms with Crippen molar-refractivity contribution in [2.75, 3.05) is 6.61 Å². The summed E-state index contributed by atoms with van der Waals surface area (Å²) < 4.78 is 0. The predicted octanol–water partition coefficient (Wildman–Crippen LogP) is 2.95. The summed E-state index contributed by atoms with van der Waals surface area (Å²) in [5.41, 5.74) is 0. The number of aliphatic hydroxyl groups excluding tert-OH is 1. The Balaban J connectivity index is 2.15. The molecule has 0 aromatic heterocycles. The molecular formula is C14H29NO. The first-order valence-electron chi connectivity index (χ1n) is 7.00. The molecule has 0 aromatic carbocycles. The number of hydrogen-bond acceptors (Lipinski definition) is 2. The van der Waals surface area contributed by atoms with E-state index in [1.54, 1.807) is 0 Å². The van der Waals surface area contributed by atoms with Gasteiger partial charge in [-0.2, -0.15) is 0 Å². The van der Waals surface area contributed by atoms with Crippen molar-refractivity contribution in [2.45, 2.75) is 71.4 Å². The first kappa shape index (κ1) is 14.0. The Kier molecular flexibility index (Phi) is 6.37. The van der Waals surface area contributed by atoms with E-state index in [1.807, 2.05) is 0 Å². The third kappa shape index (κ3) is 4.84. The van der Waals surface area contributed by atoms with Crippen LogP contribution in [0.1, 0.15) is 59.3 Å². The van der Waals surface area contributed by atoms with Gasteiger partial charge < -0.3 is 10.4 Å². The number of rotatable bonds is 7. The first-order chi connectivity index (χ1) is 7.63. The van der Waals surface area contributed by atoms with Crippen molar-refractivity contribution in [3.63, 3.8) is 0 Å². The van der Waals surface area contributed by atoms with Crippen LogP contribution in [0.2, 0.25) is 0 Å². The second-order valence-corrected chi connectivity index (χ2v) is 5.87. The van der Waals surface area contributed by atoms with Crippen LogP contribution in [0, 0.1) is 11.8 Å². The van der Waals surface area contributed by atoms with Crippen molar-refractivity contribution >= 4 is 0 Å². The van der Waals surface area contributed by atoms with E-state index in [2.05, 4.69) is 26.1 Å². The summed E-state index contributed by atoms with van der Waals surface area (Å²) in [6.45, 7) is 7.22. The lowest BCUT2D eigenvalue weighted by Crippen LogP contribution is -2.39. The summed E-state index contributed by atoms with van der Waals surface area (Å²) in [4.78, 5) is 0. The minimum atomic E-state index is 0.358. The minimum Gasteiger partial charge on any atom is -0.396 e. The van der Waals surface area contributed by atoms with Gasteiger partial charge in [-0.25, -0.2) is 0 Å². The topological polar surface area (TPSA) is 32.3 Å². The van der Waals surface area contributed by atoms with Crippen LogP contribution in [0.15, 0.2) is 0 Å². The van der Waals surface area contributed by atoms with Crippen LogP contribution in [0.3, 0.4) is 0 Å². The van der Waals surface area contributed by atoms with E-state index in [4.69, 9.17) is 0 Å². The summed E-state index contributed by atoms with van der Waals surface area (Å²) in [6.07, 6.45) is 7.66. The molecule has 2 N–H and O–H groups in total. The molecule has 0 aliphatic heterocycles. The lowest BCUT2D eigenvalue weighted by Gasteiger charge is -2.24. The van der Waals surface area contributed by atoms with Gasteiger partial charge in [0.2, 0.25) is 0 Å². The molecule has 0 bridgehead atoms. The Labute approximate surface area is 101 Å². The van der Waals surface area contributed by atoms with Gasteiger partial charge in [0.15, 0.2) is 0 Å². The van der Waals surface area contributed by atoms with Crippen LogP contribution in [0.4, 0.5) is 0 Å². The molecule has 2 nitrogen and oxygen atoms in total. The number of nitrogens with one attached hydrogen (secondary N) is 1. The molecule has 1 saturated carbocycles. The average Bonchev–Trinajstić information content (AvgIpc) is 2.64. The molecule has 0 saturated heterocycles. The molecule has 1 aliphatic carbocycles. The molecule has 0 radical (unpaired) electrons. The lowest BCUT2D eigenvalue weighted by atomic mass is 10.0. The monoisotopic (exact) mass is 227 g/mol. The van der Waals surface area contributed by atoms with Crippen LogP contribution in [-0.4, -0.2) is 23.8 Å². The fourth-order valence-corrected chi connectivity index (χ4v) is 2.76. The van der Waals surface area contributed by atoms with Crippen molar-refractivity contribution in [1.29, 1.82) is 0 Å². The van der Waals surface area contributed by atoms with Crippen molar-refractivity contribution in [3.8, 4) is 0 Å². The van der Waals surface area contributed by atoms with Gasteiger partial charge in [0.1, 0.15) is 0 Å². The quantitative estimate of drug-likeness (QED) is 0.701. The molecular weight excluding hydrogens is 198 g/mol. The number of aliphatic hydroxyl groups is 1. The van der Waals surface area contributed by atoms with Gasteiger partial charge in [0.05, 0.1) is 0 Å². The molecule has 0 heterocycles. The second-order valence-electron chi connectivity index (χ2n) is 5.87. The molecule has 16 heavy (non-hydrogen) atoms. The standard InChI is InChI=1S/C14H29NO/c1-11(2)6-4-7-12(3)15-14-9-5-8-13(14)10-16/h11-16H,4-10H2,1-3H3. The van der Waals surface area contributed by atoms with E-state index < -0.39 is 0 Å². The zero-order valence-corrected chi connectivity index (χ0v) is 11.2. The molecule has 0 spiro atoms. The highest BCUT2D eigenvalue weighted by Crippen LogP contribution is 2.25. The molecule has 0 amide bonds. The van der Waals surface area contributed by atoms with Crippen LogP contribution in [-0.2, 0) is 0 Å². The molecule has 96 valence electrons. The van der Waals surface area contributed by atoms with Gasteiger partial charge in [-0.3, -0.25) is 0 Å². The Morgan fingerprint density at radius 3 is 2.56 bits per heavy atom. The Morgan fingerprint density at radius 1 is 1.19 bits per heavy atom. The maximum absolute atomic E-state index is 9.26. The minimum absolute atomic E-state index is 0.358. The van der Waals surface area contributed by atoms with Crippen molar-refractivity contribution in [1.82, 2.24) is 5.32 Å². The SMILES string of the molecule is CC(C)CCCC(C)NC1CCCC1CO. The summed E-state index contributed by atoms with van der Waals surface area (Å²) in [6, 6.07) is 1.18. The fraction of sp³-hybridized carbons (Fsp3) is 1.00. The highest BCUT2D eigenvalue weighted by molar-refractivity contribution is 4.84. The highest BCUT2D eigenvalue weighted by Gasteiger charge is 2.27. The fourth-order valence-electron chi connectivity index (χ4n) is 2.76. The zero-order chi connectivity index (χ0) is 12.0. The van der Waals surface area contributed by atoms with Gasteiger partial charge in [0.25, 0.3) is 0 Å².